The number of amides is 1. The van der Waals surface area contributed by atoms with Gasteiger partial charge in [0, 0.05) is 5.69 Å². The third kappa shape index (κ3) is 3.76. The van der Waals surface area contributed by atoms with E-state index in [9.17, 15) is 9.59 Å². The SMILES string of the molecule is CCOC(=O)CNC(=O)c1cc(CC)ccc1N. The molecule has 0 aliphatic rings. The number of hydrogen-bond acceptors (Lipinski definition) is 4. The first-order valence-electron chi connectivity index (χ1n) is 5.90. The van der Waals surface area contributed by atoms with Gasteiger partial charge < -0.3 is 15.8 Å². The highest BCUT2D eigenvalue weighted by Crippen LogP contribution is 2.14. The molecule has 0 heterocycles. The Balaban J connectivity index is 2.69. The van der Waals surface area contributed by atoms with E-state index in [4.69, 9.17) is 10.5 Å². The zero-order chi connectivity index (χ0) is 13.5. The molecule has 1 aromatic carbocycles. The quantitative estimate of drug-likeness (QED) is 0.606. The molecule has 0 radical (unpaired) electrons. The second kappa shape index (κ2) is 6.64. The van der Waals surface area contributed by atoms with Crippen molar-refractivity contribution in [3.05, 3.63) is 29.3 Å². The number of rotatable bonds is 5. The summed E-state index contributed by atoms with van der Waals surface area (Å²) in [5.74, 6) is -0.827. The fourth-order valence-electron chi connectivity index (χ4n) is 1.48. The maximum Gasteiger partial charge on any atom is 0.325 e. The molecule has 0 unspecified atom stereocenters. The Morgan fingerprint density at radius 3 is 2.67 bits per heavy atom. The Labute approximate surface area is 106 Å². The van der Waals surface area contributed by atoms with E-state index in [0.717, 1.165) is 12.0 Å². The van der Waals surface area contributed by atoms with Gasteiger partial charge in [0.2, 0.25) is 0 Å². The van der Waals surface area contributed by atoms with Gasteiger partial charge in [0.1, 0.15) is 6.54 Å². The van der Waals surface area contributed by atoms with Crippen molar-refractivity contribution < 1.29 is 14.3 Å². The molecule has 0 atom stereocenters. The molecule has 0 bridgehead atoms. The van der Waals surface area contributed by atoms with Crippen LogP contribution in [0.1, 0.15) is 29.8 Å². The molecule has 98 valence electrons. The van der Waals surface area contributed by atoms with Gasteiger partial charge in [-0.05, 0) is 31.0 Å². The molecule has 18 heavy (non-hydrogen) atoms. The molecular weight excluding hydrogens is 232 g/mol. The van der Waals surface area contributed by atoms with Crippen molar-refractivity contribution in [2.45, 2.75) is 20.3 Å². The fourth-order valence-corrected chi connectivity index (χ4v) is 1.48. The highest BCUT2D eigenvalue weighted by atomic mass is 16.5. The van der Waals surface area contributed by atoms with Crippen molar-refractivity contribution in [1.29, 1.82) is 0 Å². The van der Waals surface area contributed by atoms with Gasteiger partial charge in [0.05, 0.1) is 12.2 Å². The third-order valence-corrected chi connectivity index (χ3v) is 2.47. The standard InChI is InChI=1S/C13H18N2O3/c1-3-9-5-6-11(14)10(7-9)13(17)15-8-12(16)18-4-2/h5-7H,3-4,8,14H2,1-2H3,(H,15,17). The maximum atomic E-state index is 11.8. The Hall–Kier alpha value is -2.04. The highest BCUT2D eigenvalue weighted by Gasteiger charge is 2.11. The van der Waals surface area contributed by atoms with Gasteiger partial charge in [0.25, 0.3) is 5.91 Å². The molecule has 5 heteroatoms. The summed E-state index contributed by atoms with van der Waals surface area (Å²) < 4.78 is 4.72. The molecule has 0 saturated carbocycles. The second-order valence-electron chi connectivity index (χ2n) is 3.76. The van der Waals surface area contributed by atoms with E-state index in [1.165, 1.54) is 0 Å². The van der Waals surface area contributed by atoms with Crippen LogP contribution in [0.5, 0.6) is 0 Å². The predicted octanol–water partition coefficient (Wildman–Crippen LogP) is 1.12. The lowest BCUT2D eigenvalue weighted by Gasteiger charge is -2.08. The molecule has 0 aliphatic carbocycles. The van der Waals surface area contributed by atoms with E-state index in [0.29, 0.717) is 17.9 Å². The van der Waals surface area contributed by atoms with E-state index in [1.807, 2.05) is 13.0 Å². The summed E-state index contributed by atoms with van der Waals surface area (Å²) in [5, 5.41) is 2.48. The molecule has 1 amide bonds. The number of anilines is 1. The van der Waals surface area contributed by atoms with Crippen molar-refractivity contribution in [3.8, 4) is 0 Å². The average molecular weight is 250 g/mol. The van der Waals surface area contributed by atoms with E-state index in [-0.39, 0.29) is 12.5 Å². The Bertz CT molecular complexity index is 444. The number of nitrogen functional groups attached to an aromatic ring is 1. The monoisotopic (exact) mass is 250 g/mol. The summed E-state index contributed by atoms with van der Waals surface area (Å²) in [6.45, 7) is 3.85. The minimum atomic E-state index is -0.462. The molecule has 0 aliphatic heterocycles. The number of nitrogens with two attached hydrogens (primary N) is 1. The Morgan fingerprint density at radius 1 is 1.33 bits per heavy atom. The van der Waals surface area contributed by atoms with Crippen LogP contribution < -0.4 is 11.1 Å². The van der Waals surface area contributed by atoms with Gasteiger partial charge in [-0.2, -0.15) is 0 Å². The minimum Gasteiger partial charge on any atom is -0.465 e. The number of ether oxygens (including phenoxy) is 1. The summed E-state index contributed by atoms with van der Waals surface area (Å²) >= 11 is 0. The number of hydrogen-bond donors (Lipinski definition) is 2. The second-order valence-corrected chi connectivity index (χ2v) is 3.76. The average Bonchev–Trinajstić information content (AvgIpc) is 2.37. The van der Waals surface area contributed by atoms with Crippen LogP contribution in [0.4, 0.5) is 5.69 Å². The van der Waals surface area contributed by atoms with E-state index < -0.39 is 5.97 Å². The number of esters is 1. The van der Waals surface area contributed by atoms with Gasteiger partial charge in [0.15, 0.2) is 0 Å². The summed E-state index contributed by atoms with van der Waals surface area (Å²) in [4.78, 5) is 23.0. The molecule has 5 nitrogen and oxygen atoms in total. The van der Waals surface area contributed by atoms with Crippen LogP contribution >= 0.6 is 0 Å². The smallest absolute Gasteiger partial charge is 0.325 e. The van der Waals surface area contributed by atoms with Crippen LogP contribution in [0.3, 0.4) is 0 Å². The van der Waals surface area contributed by atoms with Crippen LogP contribution in [0.2, 0.25) is 0 Å². The Morgan fingerprint density at radius 2 is 2.06 bits per heavy atom. The molecular formula is C13H18N2O3. The lowest BCUT2D eigenvalue weighted by atomic mass is 10.1. The van der Waals surface area contributed by atoms with E-state index in [1.54, 1.807) is 19.1 Å². The molecule has 1 aromatic rings. The topological polar surface area (TPSA) is 81.4 Å². The molecule has 0 saturated heterocycles. The molecule has 3 N–H and O–H groups in total. The fraction of sp³-hybridized carbons (Fsp3) is 0.385. The first kappa shape index (κ1) is 14.0. The van der Waals surface area contributed by atoms with Crippen LogP contribution in [-0.4, -0.2) is 25.0 Å². The number of carbonyl (C=O) groups excluding carboxylic acids is 2. The van der Waals surface area contributed by atoms with Crippen molar-refractivity contribution in [1.82, 2.24) is 5.32 Å². The summed E-state index contributed by atoms with van der Waals surface area (Å²) in [6, 6.07) is 5.30. The van der Waals surface area contributed by atoms with E-state index >= 15 is 0 Å². The third-order valence-electron chi connectivity index (χ3n) is 2.47. The number of carbonyl (C=O) groups is 2. The highest BCUT2D eigenvalue weighted by molar-refractivity contribution is 6.00. The normalized spacial score (nSPS) is 9.89. The van der Waals surface area contributed by atoms with Crippen LogP contribution in [-0.2, 0) is 16.0 Å². The van der Waals surface area contributed by atoms with Crippen LogP contribution in [0.25, 0.3) is 0 Å². The Kier molecular flexibility index (Phi) is 5.17. The summed E-state index contributed by atoms with van der Waals surface area (Å²) in [5.41, 5.74) is 7.54. The molecule has 0 spiro atoms. The van der Waals surface area contributed by atoms with E-state index in [2.05, 4.69) is 5.32 Å². The van der Waals surface area contributed by atoms with Crippen LogP contribution in [0, 0.1) is 0 Å². The number of benzene rings is 1. The van der Waals surface area contributed by atoms with Crippen molar-refractivity contribution in [3.63, 3.8) is 0 Å². The van der Waals surface area contributed by atoms with Gasteiger partial charge in [-0.3, -0.25) is 9.59 Å². The van der Waals surface area contributed by atoms with Gasteiger partial charge >= 0.3 is 5.97 Å². The largest absolute Gasteiger partial charge is 0.465 e. The lowest BCUT2D eigenvalue weighted by molar-refractivity contribution is -0.141. The molecule has 0 fully saturated rings. The van der Waals surface area contributed by atoms with Crippen molar-refractivity contribution in [2.24, 2.45) is 0 Å². The molecule has 0 aromatic heterocycles. The molecule has 1 rings (SSSR count). The van der Waals surface area contributed by atoms with Crippen molar-refractivity contribution in [2.75, 3.05) is 18.9 Å². The van der Waals surface area contributed by atoms with Crippen LogP contribution in [0.15, 0.2) is 18.2 Å². The zero-order valence-corrected chi connectivity index (χ0v) is 10.7. The van der Waals surface area contributed by atoms with Gasteiger partial charge in [-0.1, -0.05) is 13.0 Å². The predicted molar refractivity (Wildman–Crippen MR) is 69.2 cm³/mol. The lowest BCUT2D eigenvalue weighted by Crippen LogP contribution is -2.31. The minimum absolute atomic E-state index is 0.150. The van der Waals surface area contributed by atoms with Gasteiger partial charge in [-0.15, -0.1) is 0 Å². The summed E-state index contributed by atoms with van der Waals surface area (Å²) in [6.07, 6.45) is 0.818. The first-order valence-corrected chi connectivity index (χ1v) is 5.90. The number of aryl methyl sites for hydroxylation is 1. The maximum absolute atomic E-state index is 11.8. The summed E-state index contributed by atoms with van der Waals surface area (Å²) in [7, 11) is 0. The van der Waals surface area contributed by atoms with Crippen molar-refractivity contribution >= 4 is 17.6 Å². The van der Waals surface area contributed by atoms with Gasteiger partial charge in [-0.25, -0.2) is 0 Å². The zero-order valence-electron chi connectivity index (χ0n) is 10.7. The first-order chi connectivity index (χ1) is 8.58. The number of nitrogens with one attached hydrogen (secondary N) is 1.